The van der Waals surface area contributed by atoms with Crippen LogP contribution in [0.15, 0.2) is 34.2 Å². The Bertz CT molecular complexity index is 878. The standard InChI is InChI=1S/C17H19BrN4O4/c1-5-26-12-7-10(6-11(18)15(12)24-3)14-13(16(23)25-4)9(2)21-17-19-8-20-22(14)17/h6-8,14H,5H2,1-4H3,(H,19,20,21). The first-order valence-electron chi connectivity index (χ1n) is 7.97. The number of nitrogens with one attached hydrogen (secondary N) is 1. The summed E-state index contributed by atoms with van der Waals surface area (Å²) in [7, 11) is 2.93. The molecule has 0 fully saturated rings. The van der Waals surface area contributed by atoms with Crippen LogP contribution in [0.4, 0.5) is 5.95 Å². The highest BCUT2D eigenvalue weighted by Crippen LogP contribution is 2.42. The zero-order valence-electron chi connectivity index (χ0n) is 14.9. The van der Waals surface area contributed by atoms with Gasteiger partial charge >= 0.3 is 5.97 Å². The molecule has 0 saturated heterocycles. The van der Waals surface area contributed by atoms with Crippen molar-refractivity contribution in [2.24, 2.45) is 0 Å². The first kappa shape index (κ1) is 18.2. The number of methoxy groups -OCH3 is 2. The van der Waals surface area contributed by atoms with Crippen molar-refractivity contribution in [3.63, 3.8) is 0 Å². The number of hydrogen-bond donors (Lipinski definition) is 1. The number of allylic oxidation sites excluding steroid dienone is 1. The molecule has 0 amide bonds. The maximum absolute atomic E-state index is 12.5. The average molecular weight is 423 g/mol. The Morgan fingerprint density at radius 2 is 2.15 bits per heavy atom. The van der Waals surface area contributed by atoms with E-state index in [0.717, 1.165) is 5.56 Å². The smallest absolute Gasteiger partial charge is 0.338 e. The number of rotatable bonds is 5. The Morgan fingerprint density at radius 3 is 2.81 bits per heavy atom. The largest absolute Gasteiger partial charge is 0.492 e. The quantitative estimate of drug-likeness (QED) is 0.740. The molecule has 26 heavy (non-hydrogen) atoms. The van der Waals surface area contributed by atoms with Crippen LogP contribution in [-0.2, 0) is 9.53 Å². The van der Waals surface area contributed by atoms with Gasteiger partial charge in [-0.3, -0.25) is 0 Å². The van der Waals surface area contributed by atoms with E-state index in [-0.39, 0.29) is 0 Å². The van der Waals surface area contributed by atoms with Gasteiger partial charge < -0.3 is 19.5 Å². The highest BCUT2D eigenvalue weighted by molar-refractivity contribution is 9.10. The van der Waals surface area contributed by atoms with Gasteiger partial charge in [-0.1, -0.05) is 0 Å². The minimum absolute atomic E-state index is 0.439. The predicted octanol–water partition coefficient (Wildman–Crippen LogP) is 2.91. The Balaban J connectivity index is 2.21. The normalized spacial score (nSPS) is 16.0. The molecule has 1 atom stereocenters. The van der Waals surface area contributed by atoms with Gasteiger partial charge in [-0.2, -0.15) is 10.1 Å². The number of nitrogens with zero attached hydrogens (tertiary/aromatic N) is 3. The van der Waals surface area contributed by atoms with E-state index in [1.54, 1.807) is 18.7 Å². The number of benzene rings is 1. The molecule has 138 valence electrons. The van der Waals surface area contributed by atoms with Crippen molar-refractivity contribution < 1.29 is 19.0 Å². The zero-order chi connectivity index (χ0) is 18.8. The molecule has 0 radical (unpaired) electrons. The van der Waals surface area contributed by atoms with Crippen LogP contribution in [0.1, 0.15) is 25.5 Å². The summed E-state index contributed by atoms with van der Waals surface area (Å²) in [5, 5.41) is 7.36. The topological polar surface area (TPSA) is 87.5 Å². The van der Waals surface area contributed by atoms with Gasteiger partial charge in [0, 0.05) is 5.70 Å². The lowest BCUT2D eigenvalue weighted by molar-refractivity contribution is -0.136. The van der Waals surface area contributed by atoms with Crippen LogP contribution < -0.4 is 14.8 Å². The molecule has 0 bridgehead atoms. The van der Waals surface area contributed by atoms with Crippen LogP contribution in [0, 0.1) is 0 Å². The number of ether oxygens (including phenoxy) is 3. The monoisotopic (exact) mass is 422 g/mol. The molecular formula is C17H19BrN4O4. The molecule has 3 rings (SSSR count). The van der Waals surface area contributed by atoms with Crippen LogP contribution in [0.3, 0.4) is 0 Å². The third-order valence-electron chi connectivity index (χ3n) is 4.05. The summed E-state index contributed by atoms with van der Waals surface area (Å²) < 4.78 is 18.5. The first-order chi connectivity index (χ1) is 12.5. The number of carbonyl (C=O) groups excluding carboxylic acids is 1. The predicted molar refractivity (Wildman–Crippen MR) is 98.4 cm³/mol. The molecule has 8 nitrogen and oxygen atoms in total. The van der Waals surface area contributed by atoms with Crippen LogP contribution in [-0.4, -0.2) is 41.6 Å². The summed E-state index contributed by atoms with van der Waals surface area (Å²) in [6.07, 6.45) is 1.44. The van der Waals surface area contributed by atoms with Crippen molar-refractivity contribution in [1.82, 2.24) is 14.8 Å². The van der Waals surface area contributed by atoms with Gasteiger partial charge in [0.05, 0.1) is 30.9 Å². The summed E-state index contributed by atoms with van der Waals surface area (Å²) in [4.78, 5) is 16.7. The van der Waals surface area contributed by atoms with Gasteiger partial charge in [-0.05, 0) is 47.5 Å². The number of anilines is 1. The molecule has 1 aromatic heterocycles. The third kappa shape index (κ3) is 3.03. The van der Waals surface area contributed by atoms with Gasteiger partial charge in [0.15, 0.2) is 11.5 Å². The minimum atomic E-state index is -0.511. The van der Waals surface area contributed by atoms with E-state index in [1.165, 1.54) is 13.4 Å². The lowest BCUT2D eigenvalue weighted by Gasteiger charge is -2.28. The van der Waals surface area contributed by atoms with Gasteiger partial charge in [0.1, 0.15) is 12.4 Å². The van der Waals surface area contributed by atoms with Crippen molar-refractivity contribution in [2.75, 3.05) is 26.1 Å². The number of aromatic nitrogens is 3. The molecular weight excluding hydrogens is 404 g/mol. The van der Waals surface area contributed by atoms with Crippen molar-refractivity contribution in [2.45, 2.75) is 19.9 Å². The molecule has 1 unspecified atom stereocenters. The summed E-state index contributed by atoms with van der Waals surface area (Å²) in [5.74, 6) is 1.27. The fourth-order valence-electron chi connectivity index (χ4n) is 2.98. The minimum Gasteiger partial charge on any atom is -0.492 e. The second kappa shape index (κ2) is 7.36. The molecule has 1 aliphatic rings. The van der Waals surface area contributed by atoms with Crippen LogP contribution >= 0.6 is 15.9 Å². The number of hydrogen-bond acceptors (Lipinski definition) is 7. The SMILES string of the molecule is CCOc1cc(C2C(C(=O)OC)=C(C)Nc3ncnn32)cc(Br)c1OC. The molecule has 0 spiro atoms. The summed E-state index contributed by atoms with van der Waals surface area (Å²) >= 11 is 3.52. The van der Waals surface area contributed by atoms with E-state index >= 15 is 0 Å². The lowest BCUT2D eigenvalue weighted by atomic mass is 9.95. The van der Waals surface area contributed by atoms with E-state index in [9.17, 15) is 4.79 Å². The summed E-state index contributed by atoms with van der Waals surface area (Å²) in [6, 6.07) is 3.20. The van der Waals surface area contributed by atoms with Crippen molar-refractivity contribution in [1.29, 1.82) is 0 Å². The number of esters is 1. The van der Waals surface area contributed by atoms with Gasteiger partial charge in [0.2, 0.25) is 5.95 Å². The number of halogens is 1. The Hall–Kier alpha value is -2.55. The number of fused-ring (bicyclic) bond motifs is 1. The van der Waals surface area contributed by atoms with E-state index in [4.69, 9.17) is 14.2 Å². The fraction of sp³-hybridized carbons (Fsp3) is 0.353. The van der Waals surface area contributed by atoms with Crippen molar-refractivity contribution in [3.8, 4) is 11.5 Å². The Kier molecular flexibility index (Phi) is 5.17. The Morgan fingerprint density at radius 1 is 1.38 bits per heavy atom. The van der Waals surface area contributed by atoms with Crippen LogP contribution in [0.25, 0.3) is 0 Å². The molecule has 0 aliphatic carbocycles. The molecule has 9 heteroatoms. The van der Waals surface area contributed by atoms with E-state index in [1.807, 2.05) is 19.1 Å². The van der Waals surface area contributed by atoms with Crippen LogP contribution in [0.2, 0.25) is 0 Å². The second-order valence-electron chi connectivity index (χ2n) is 5.55. The molecule has 1 N–H and O–H groups in total. The van der Waals surface area contributed by atoms with Crippen molar-refractivity contribution in [3.05, 3.63) is 39.8 Å². The molecule has 1 aromatic carbocycles. The Labute approximate surface area is 159 Å². The molecule has 2 aromatic rings. The third-order valence-corrected chi connectivity index (χ3v) is 4.64. The highest BCUT2D eigenvalue weighted by Gasteiger charge is 2.35. The van der Waals surface area contributed by atoms with E-state index in [2.05, 4.69) is 31.3 Å². The van der Waals surface area contributed by atoms with Gasteiger partial charge in [-0.15, -0.1) is 0 Å². The van der Waals surface area contributed by atoms with Gasteiger partial charge in [0.25, 0.3) is 0 Å². The first-order valence-corrected chi connectivity index (χ1v) is 8.76. The fourth-order valence-corrected chi connectivity index (χ4v) is 3.60. The van der Waals surface area contributed by atoms with Gasteiger partial charge in [-0.25, -0.2) is 9.48 Å². The van der Waals surface area contributed by atoms with E-state index < -0.39 is 12.0 Å². The maximum atomic E-state index is 12.5. The van der Waals surface area contributed by atoms with E-state index in [0.29, 0.717) is 39.8 Å². The molecule has 0 saturated carbocycles. The lowest BCUT2D eigenvalue weighted by Crippen LogP contribution is -2.29. The zero-order valence-corrected chi connectivity index (χ0v) is 16.5. The number of carbonyl (C=O) groups is 1. The van der Waals surface area contributed by atoms with Crippen LogP contribution in [0.5, 0.6) is 11.5 Å². The maximum Gasteiger partial charge on any atom is 0.338 e. The second-order valence-corrected chi connectivity index (χ2v) is 6.41. The highest BCUT2D eigenvalue weighted by atomic mass is 79.9. The molecule has 2 heterocycles. The molecule has 1 aliphatic heterocycles. The summed E-state index contributed by atoms with van der Waals surface area (Å²) in [6.45, 7) is 4.18. The van der Waals surface area contributed by atoms with Crippen molar-refractivity contribution >= 4 is 27.8 Å². The summed E-state index contributed by atoms with van der Waals surface area (Å²) in [5.41, 5.74) is 1.89. The average Bonchev–Trinajstić information content (AvgIpc) is 3.07.